The number of hydrogen-bond donors (Lipinski definition) is 0. The highest BCUT2D eigenvalue weighted by Gasteiger charge is 2.65. The van der Waals surface area contributed by atoms with Gasteiger partial charge in [-0.1, -0.05) is 41.5 Å². The van der Waals surface area contributed by atoms with Gasteiger partial charge in [0.1, 0.15) is 5.60 Å². The summed E-state index contributed by atoms with van der Waals surface area (Å²) in [5.41, 5.74) is 0.153. The van der Waals surface area contributed by atoms with Crippen LogP contribution < -0.4 is 0 Å². The molecule has 7 heteroatoms. The van der Waals surface area contributed by atoms with E-state index in [0.29, 0.717) is 19.6 Å². The smallest absolute Gasteiger partial charge is 0.330 e. The van der Waals surface area contributed by atoms with Gasteiger partial charge in [-0.3, -0.25) is 0 Å². The molecule has 1 aliphatic heterocycles. The minimum absolute atomic E-state index is 0.0557. The third kappa shape index (κ3) is 7.01. The second-order valence-electron chi connectivity index (χ2n) is 12.9. The Bertz CT molecular complexity index is 698. The molecule has 1 rings (SSSR count). The summed E-state index contributed by atoms with van der Waals surface area (Å²) in [4.78, 5) is 12.2. The van der Waals surface area contributed by atoms with E-state index in [1.165, 1.54) is 0 Å². The predicted octanol–water partition coefficient (Wildman–Crippen LogP) is 6.85. The second-order valence-corrected chi connectivity index (χ2v) is 22.4. The van der Waals surface area contributed by atoms with Crippen molar-refractivity contribution >= 4 is 22.6 Å². The first-order valence-corrected chi connectivity index (χ1v) is 17.8. The Morgan fingerprint density at radius 2 is 1.47 bits per heavy atom. The van der Waals surface area contributed by atoms with Gasteiger partial charge in [0.15, 0.2) is 16.6 Å². The predicted molar refractivity (Wildman–Crippen MR) is 138 cm³/mol. The van der Waals surface area contributed by atoms with E-state index < -0.39 is 22.2 Å². The van der Waals surface area contributed by atoms with Crippen molar-refractivity contribution in [3.63, 3.8) is 0 Å². The molecule has 0 spiro atoms. The van der Waals surface area contributed by atoms with Crippen molar-refractivity contribution < 1.29 is 23.1 Å². The molecule has 0 N–H and O–H groups in total. The van der Waals surface area contributed by atoms with Gasteiger partial charge in [0.25, 0.3) is 0 Å². The van der Waals surface area contributed by atoms with E-state index in [-0.39, 0.29) is 27.8 Å². The van der Waals surface area contributed by atoms with Crippen molar-refractivity contribution in [3.8, 4) is 0 Å². The highest BCUT2D eigenvalue weighted by molar-refractivity contribution is 6.74. The van der Waals surface area contributed by atoms with Crippen LogP contribution in [0.15, 0.2) is 11.6 Å². The van der Waals surface area contributed by atoms with Crippen molar-refractivity contribution in [3.05, 3.63) is 11.6 Å². The SMILES string of the molecule is CCOC(=O)/C=C(/C)[C@H](C[C@]1(CO[Si](C)(C)C(C)(C)C)OC1(C)C)O[Si](C)(C)C(C)(C)C. The minimum atomic E-state index is -2.09. The summed E-state index contributed by atoms with van der Waals surface area (Å²) < 4.78 is 25.0. The number of ether oxygens (including phenoxy) is 2. The molecule has 1 heterocycles. The van der Waals surface area contributed by atoms with Crippen LogP contribution in [-0.4, -0.2) is 53.1 Å². The van der Waals surface area contributed by atoms with E-state index in [1.807, 2.05) is 13.8 Å². The lowest BCUT2D eigenvalue weighted by atomic mass is 9.89. The number of esters is 1. The lowest BCUT2D eigenvalue weighted by Crippen LogP contribution is -2.48. The molecule has 0 radical (unpaired) electrons. The Balaban J connectivity index is 3.24. The van der Waals surface area contributed by atoms with Crippen LogP contribution in [0.2, 0.25) is 36.3 Å². The Morgan fingerprint density at radius 3 is 1.84 bits per heavy atom. The van der Waals surface area contributed by atoms with Crippen LogP contribution in [0.25, 0.3) is 0 Å². The molecular formula is C25H50O5Si2. The average molecular weight is 487 g/mol. The molecule has 1 saturated heterocycles. The van der Waals surface area contributed by atoms with Gasteiger partial charge in [-0.25, -0.2) is 4.79 Å². The highest BCUT2D eigenvalue weighted by atomic mass is 28.4. The van der Waals surface area contributed by atoms with E-state index >= 15 is 0 Å². The van der Waals surface area contributed by atoms with Crippen molar-refractivity contribution in [2.75, 3.05) is 13.2 Å². The standard InChI is InChI=1S/C25H50O5Si2/c1-15-27-21(26)16-19(2)20(29-32(13,14)23(6,7)8)17-25(24(9,10)30-25)18-28-31(11,12)22(3,4)5/h16,20H,15,17-18H2,1-14H3/b19-16-/t20-,25+/m0/s1. The third-order valence-electron chi connectivity index (χ3n) is 7.88. The zero-order chi connectivity index (χ0) is 25.4. The lowest BCUT2D eigenvalue weighted by molar-refractivity contribution is -0.137. The van der Waals surface area contributed by atoms with Crippen molar-refractivity contribution in [1.29, 1.82) is 0 Å². The van der Waals surface area contributed by atoms with E-state index in [9.17, 15) is 4.79 Å². The maximum atomic E-state index is 12.2. The molecular weight excluding hydrogens is 436 g/mol. The summed E-state index contributed by atoms with van der Waals surface area (Å²) in [5.74, 6) is -0.323. The molecule has 1 aliphatic rings. The number of rotatable bonds is 10. The average Bonchev–Trinajstić information content (AvgIpc) is 3.11. The zero-order valence-corrected chi connectivity index (χ0v) is 25.3. The first kappa shape index (κ1) is 29.6. The van der Waals surface area contributed by atoms with Gasteiger partial charge in [-0.2, -0.15) is 0 Å². The maximum absolute atomic E-state index is 12.2. The fourth-order valence-electron chi connectivity index (χ4n) is 3.12. The monoisotopic (exact) mass is 486 g/mol. The molecule has 0 amide bonds. The molecule has 1 fully saturated rings. The zero-order valence-electron chi connectivity index (χ0n) is 23.3. The van der Waals surface area contributed by atoms with Crippen molar-refractivity contribution in [1.82, 2.24) is 0 Å². The molecule has 32 heavy (non-hydrogen) atoms. The summed E-state index contributed by atoms with van der Waals surface area (Å²) in [5, 5.41) is 0.185. The lowest BCUT2D eigenvalue weighted by Gasteiger charge is -2.41. The highest BCUT2D eigenvalue weighted by Crippen LogP contribution is 2.53. The van der Waals surface area contributed by atoms with Gasteiger partial charge >= 0.3 is 5.97 Å². The van der Waals surface area contributed by atoms with Gasteiger partial charge in [0, 0.05) is 12.5 Å². The Hall–Kier alpha value is -0.476. The maximum Gasteiger partial charge on any atom is 0.330 e. The Labute approximate surface area is 199 Å². The molecule has 0 bridgehead atoms. The van der Waals surface area contributed by atoms with E-state index in [0.717, 1.165) is 5.57 Å². The summed E-state index contributed by atoms with van der Waals surface area (Å²) >= 11 is 0. The van der Waals surface area contributed by atoms with Gasteiger partial charge in [0.2, 0.25) is 0 Å². The molecule has 0 aliphatic carbocycles. The first-order valence-electron chi connectivity index (χ1n) is 12.0. The van der Waals surface area contributed by atoms with Crippen LogP contribution in [0.5, 0.6) is 0 Å². The summed E-state index contributed by atoms with van der Waals surface area (Å²) in [7, 11) is -4.02. The molecule has 5 nitrogen and oxygen atoms in total. The van der Waals surface area contributed by atoms with Crippen LogP contribution in [0.3, 0.4) is 0 Å². The fraction of sp³-hybridized carbons (Fsp3) is 0.880. The summed E-state index contributed by atoms with van der Waals surface area (Å²) in [6.07, 6.45) is 2.01. The van der Waals surface area contributed by atoms with E-state index in [1.54, 1.807) is 6.08 Å². The summed E-state index contributed by atoms with van der Waals surface area (Å²) in [6.45, 7) is 31.4. The normalized spacial score (nSPS) is 23.1. The fourth-order valence-corrected chi connectivity index (χ4v) is 5.48. The first-order chi connectivity index (χ1) is 14.1. The summed E-state index contributed by atoms with van der Waals surface area (Å²) in [6, 6.07) is 0. The van der Waals surface area contributed by atoms with Crippen LogP contribution in [0.4, 0.5) is 0 Å². The van der Waals surface area contributed by atoms with E-state index in [2.05, 4.69) is 81.6 Å². The number of hydrogen-bond acceptors (Lipinski definition) is 5. The molecule has 2 atom stereocenters. The number of carbonyl (C=O) groups excluding carboxylic acids is 1. The Morgan fingerprint density at radius 1 is 1.00 bits per heavy atom. The Kier molecular flexibility index (Phi) is 8.91. The van der Waals surface area contributed by atoms with Crippen LogP contribution in [0, 0.1) is 0 Å². The largest absolute Gasteiger partial charge is 0.463 e. The van der Waals surface area contributed by atoms with Gasteiger partial charge in [-0.15, -0.1) is 0 Å². The van der Waals surface area contributed by atoms with Gasteiger partial charge < -0.3 is 18.3 Å². The van der Waals surface area contributed by atoms with Gasteiger partial charge in [-0.05, 0) is 69.5 Å². The van der Waals surface area contributed by atoms with Gasteiger partial charge in [0.05, 0.1) is 24.9 Å². The molecule has 0 saturated carbocycles. The van der Waals surface area contributed by atoms with Crippen molar-refractivity contribution in [2.45, 2.75) is 129 Å². The topological polar surface area (TPSA) is 57.3 Å². The van der Waals surface area contributed by atoms with Crippen molar-refractivity contribution in [2.24, 2.45) is 0 Å². The molecule has 0 aromatic carbocycles. The third-order valence-corrected chi connectivity index (χ3v) is 16.8. The molecule has 0 unspecified atom stereocenters. The molecule has 0 aromatic heterocycles. The number of epoxide rings is 1. The van der Waals surface area contributed by atoms with E-state index in [4.69, 9.17) is 18.3 Å². The van der Waals surface area contributed by atoms with Crippen LogP contribution in [0.1, 0.15) is 75.7 Å². The molecule has 0 aromatic rings. The minimum Gasteiger partial charge on any atom is -0.463 e. The second kappa shape index (κ2) is 9.64. The van der Waals surface area contributed by atoms with Crippen LogP contribution >= 0.6 is 0 Å². The number of carbonyl (C=O) groups is 1. The molecule has 188 valence electrons. The quantitative estimate of drug-likeness (QED) is 0.146. The van der Waals surface area contributed by atoms with Crippen LogP contribution in [-0.2, 0) is 23.1 Å².